The lowest BCUT2D eigenvalue weighted by Crippen LogP contribution is -2.56. The zero-order valence-corrected chi connectivity index (χ0v) is 34.9. The molecule has 4 amide bonds. The van der Waals surface area contributed by atoms with E-state index in [1.807, 2.05) is 29.4 Å². The zero-order valence-electron chi connectivity index (χ0n) is 34.9. The first kappa shape index (κ1) is 41.0. The van der Waals surface area contributed by atoms with Crippen molar-refractivity contribution in [2.24, 2.45) is 4.99 Å². The van der Waals surface area contributed by atoms with Crippen molar-refractivity contribution >= 4 is 35.3 Å². The van der Waals surface area contributed by atoms with Crippen LogP contribution in [0.15, 0.2) is 53.8 Å². The fourth-order valence-electron chi connectivity index (χ4n) is 9.22. The van der Waals surface area contributed by atoms with Crippen LogP contribution in [0.25, 0.3) is 16.8 Å². The van der Waals surface area contributed by atoms with Crippen LogP contribution in [0.1, 0.15) is 87.3 Å². The number of alkyl carbamates (subject to hydrolysis) is 2. The molecule has 16 heteroatoms. The smallest absolute Gasteiger partial charge is 0.407 e. The second kappa shape index (κ2) is 16.7. The molecule has 3 N–H and O–H groups in total. The van der Waals surface area contributed by atoms with E-state index in [9.17, 15) is 19.2 Å². The third-order valence-electron chi connectivity index (χ3n) is 12.9. The lowest BCUT2D eigenvalue weighted by atomic mass is 9.83. The standard InChI is InChI=1S/C44H53N7O9/c1-24(56-3)37(48-42(54)58-5)40(52)50-17-7-9-33(50)31-20-28(22-45-31)26-11-13-29-36(21-26)60-35-14-12-27(19-30(35)44(29)15-16-44)32-23-46-39(47-32)34-10-8-18-51(34)41(53)38(25(2)57-4)49-43(55)59-6/h11-14,19,21-25,33-34,37-38H,7-10,15-18,20H2,1-6H3,(H,46,47)(H,48,54)(H,49,55)/t24-,25-,33-,34-,37-,38-/m0/s1. The molecular formula is C44H53N7O9. The Morgan fingerprint density at radius 2 is 1.42 bits per heavy atom. The molecule has 1 aliphatic carbocycles. The van der Waals surface area contributed by atoms with Crippen molar-refractivity contribution < 1.29 is 42.9 Å². The SMILES string of the molecule is COC(=O)N[C@H](C(=O)N1CCC[C@H]1C1=NC=C(c2ccc3c(c2)Oc2ccc(-c4cnc([C@@H]5CCCN5C(=O)[C@@H](NC(=O)OC)[C@H](C)OC)[nH]4)cc2C32CC2)C1)[C@H](C)OC. The summed E-state index contributed by atoms with van der Waals surface area (Å²) in [6.45, 7) is 4.59. The first-order valence-corrected chi connectivity index (χ1v) is 20.6. The molecule has 2 aromatic carbocycles. The number of ether oxygens (including phenoxy) is 5. The molecule has 6 atom stereocenters. The minimum atomic E-state index is -0.907. The number of hydrogen-bond acceptors (Lipinski definition) is 11. The van der Waals surface area contributed by atoms with Crippen LogP contribution in [-0.4, -0.2) is 121 Å². The van der Waals surface area contributed by atoms with Gasteiger partial charge in [-0.05, 0) is 87.8 Å². The zero-order chi connectivity index (χ0) is 42.3. The number of imidazole rings is 1. The van der Waals surface area contributed by atoms with Crippen molar-refractivity contribution in [3.8, 4) is 22.8 Å². The van der Waals surface area contributed by atoms with Gasteiger partial charge in [-0.2, -0.15) is 0 Å². The molecule has 1 aromatic heterocycles. The Hall–Kier alpha value is -5.74. The second-order valence-corrected chi connectivity index (χ2v) is 16.2. The van der Waals surface area contributed by atoms with E-state index < -0.39 is 36.5 Å². The maximum Gasteiger partial charge on any atom is 0.407 e. The van der Waals surface area contributed by atoms with Gasteiger partial charge >= 0.3 is 12.2 Å². The summed E-state index contributed by atoms with van der Waals surface area (Å²) in [5.41, 5.74) is 6.95. The number of amides is 4. The number of carbonyl (C=O) groups is 4. The van der Waals surface area contributed by atoms with Crippen molar-refractivity contribution in [2.45, 2.75) is 101 Å². The van der Waals surface area contributed by atoms with Crippen LogP contribution in [0.3, 0.4) is 0 Å². The first-order chi connectivity index (χ1) is 29.0. The van der Waals surface area contributed by atoms with E-state index in [-0.39, 0.29) is 29.3 Å². The number of aromatic nitrogens is 2. The van der Waals surface area contributed by atoms with Crippen molar-refractivity contribution in [2.75, 3.05) is 41.5 Å². The Bertz CT molecular complexity index is 2230. The highest BCUT2D eigenvalue weighted by Crippen LogP contribution is 2.62. The fraction of sp³-hybridized carbons (Fsp3) is 0.500. The van der Waals surface area contributed by atoms with Crippen LogP contribution >= 0.6 is 0 Å². The van der Waals surface area contributed by atoms with Gasteiger partial charge in [0.25, 0.3) is 0 Å². The number of hydrogen-bond donors (Lipinski definition) is 3. The number of carbonyl (C=O) groups excluding carboxylic acids is 4. The molecule has 8 rings (SSSR count). The predicted molar refractivity (Wildman–Crippen MR) is 221 cm³/mol. The Morgan fingerprint density at radius 1 is 0.800 bits per heavy atom. The summed E-state index contributed by atoms with van der Waals surface area (Å²) in [6.07, 6.45) is 6.98. The first-order valence-electron chi connectivity index (χ1n) is 20.6. The highest BCUT2D eigenvalue weighted by molar-refractivity contribution is 6.04. The van der Waals surface area contributed by atoms with Gasteiger partial charge in [-0.1, -0.05) is 12.1 Å². The Kier molecular flexibility index (Phi) is 11.4. The minimum Gasteiger partial charge on any atom is -0.457 e. The number of aromatic amines is 1. The normalized spacial score (nSPS) is 21.8. The number of aliphatic imine (C=N–C) groups is 1. The maximum absolute atomic E-state index is 13.8. The summed E-state index contributed by atoms with van der Waals surface area (Å²) >= 11 is 0. The number of benzene rings is 2. The molecule has 3 fully saturated rings. The van der Waals surface area contributed by atoms with Crippen LogP contribution < -0.4 is 15.4 Å². The molecule has 1 saturated carbocycles. The molecule has 0 bridgehead atoms. The van der Waals surface area contributed by atoms with Crippen molar-refractivity contribution in [1.82, 2.24) is 30.4 Å². The van der Waals surface area contributed by atoms with Crippen LogP contribution in [0, 0.1) is 0 Å². The van der Waals surface area contributed by atoms with Crippen molar-refractivity contribution in [1.29, 1.82) is 0 Å². The number of rotatable bonds is 12. The summed E-state index contributed by atoms with van der Waals surface area (Å²) < 4.78 is 27.1. The molecule has 318 valence electrons. The van der Waals surface area contributed by atoms with E-state index in [1.54, 1.807) is 18.7 Å². The molecule has 5 aliphatic rings. The van der Waals surface area contributed by atoms with E-state index in [2.05, 4.69) is 39.9 Å². The van der Waals surface area contributed by atoms with Gasteiger partial charge in [0.2, 0.25) is 11.8 Å². The van der Waals surface area contributed by atoms with Crippen molar-refractivity contribution in [3.63, 3.8) is 0 Å². The van der Waals surface area contributed by atoms with Gasteiger partial charge in [0.1, 0.15) is 29.4 Å². The van der Waals surface area contributed by atoms with Gasteiger partial charge in [-0.3, -0.25) is 14.6 Å². The Balaban J connectivity index is 0.961. The summed E-state index contributed by atoms with van der Waals surface area (Å²) in [5, 5.41) is 5.29. The van der Waals surface area contributed by atoms with Crippen LogP contribution in [0.4, 0.5) is 9.59 Å². The van der Waals surface area contributed by atoms with Gasteiger partial charge < -0.3 is 49.1 Å². The van der Waals surface area contributed by atoms with E-state index in [1.165, 1.54) is 28.4 Å². The second-order valence-electron chi connectivity index (χ2n) is 16.2. The molecule has 3 aromatic rings. The summed E-state index contributed by atoms with van der Waals surface area (Å²) in [5.74, 6) is 1.88. The van der Waals surface area contributed by atoms with Crippen molar-refractivity contribution in [3.05, 3.63) is 71.3 Å². The number of nitrogens with zero attached hydrogens (tertiary/aromatic N) is 4. The summed E-state index contributed by atoms with van der Waals surface area (Å²) in [4.78, 5) is 68.4. The highest BCUT2D eigenvalue weighted by atomic mass is 16.5. The molecule has 2 saturated heterocycles. The number of fused-ring (bicyclic) bond motifs is 4. The number of likely N-dealkylation sites (tertiary alicyclic amines) is 2. The third kappa shape index (κ3) is 7.51. The van der Waals surface area contributed by atoms with Gasteiger partial charge in [0.05, 0.1) is 50.4 Å². The lowest BCUT2D eigenvalue weighted by Gasteiger charge is -2.31. The molecule has 1 spiro atoms. The fourth-order valence-corrected chi connectivity index (χ4v) is 9.22. The minimum absolute atomic E-state index is 0.154. The van der Waals surface area contributed by atoms with Crippen LogP contribution in [0.5, 0.6) is 11.5 Å². The Morgan fingerprint density at radius 3 is 2.03 bits per heavy atom. The summed E-state index contributed by atoms with van der Waals surface area (Å²) in [6, 6.07) is 10.4. The highest BCUT2D eigenvalue weighted by Gasteiger charge is 2.52. The van der Waals surface area contributed by atoms with Crippen LogP contribution in [0.2, 0.25) is 0 Å². The number of H-pyrrole nitrogens is 1. The number of nitrogens with one attached hydrogen (secondary N) is 3. The molecule has 4 aliphatic heterocycles. The van der Waals surface area contributed by atoms with E-state index in [4.69, 9.17) is 33.7 Å². The van der Waals surface area contributed by atoms with Gasteiger partial charge in [0, 0.05) is 67.7 Å². The number of allylic oxidation sites excluding steroid dienone is 1. The average Bonchev–Trinajstić information content (AvgIpc) is 3.84. The monoisotopic (exact) mass is 823 g/mol. The van der Waals surface area contributed by atoms with E-state index in [0.717, 1.165) is 89.3 Å². The average molecular weight is 824 g/mol. The molecule has 16 nitrogen and oxygen atoms in total. The molecule has 0 radical (unpaired) electrons. The van der Waals surface area contributed by atoms with Gasteiger partial charge in [-0.15, -0.1) is 0 Å². The largest absolute Gasteiger partial charge is 0.457 e. The molecule has 5 heterocycles. The molecule has 0 unspecified atom stereocenters. The maximum atomic E-state index is 13.8. The third-order valence-corrected chi connectivity index (χ3v) is 12.9. The van der Waals surface area contributed by atoms with Crippen LogP contribution in [-0.2, 0) is 34.0 Å². The molecule has 60 heavy (non-hydrogen) atoms. The number of methoxy groups -OCH3 is 4. The topological polar surface area (TPSA) is 186 Å². The van der Waals surface area contributed by atoms with Gasteiger partial charge in [0.15, 0.2) is 0 Å². The molecular weight excluding hydrogens is 771 g/mol. The van der Waals surface area contributed by atoms with Gasteiger partial charge in [-0.25, -0.2) is 14.6 Å². The quantitative estimate of drug-likeness (QED) is 0.207. The predicted octanol–water partition coefficient (Wildman–Crippen LogP) is 5.62. The van der Waals surface area contributed by atoms with E-state index in [0.29, 0.717) is 25.3 Å². The van der Waals surface area contributed by atoms with E-state index >= 15 is 0 Å². The summed E-state index contributed by atoms with van der Waals surface area (Å²) in [7, 11) is 5.54. The Labute approximate surface area is 349 Å². The lowest BCUT2D eigenvalue weighted by molar-refractivity contribution is -0.138.